The number of carbonyl (C=O) groups excluding carboxylic acids is 1. The highest BCUT2D eigenvalue weighted by molar-refractivity contribution is 6.99. The van der Waals surface area contributed by atoms with Crippen LogP contribution in [0.3, 0.4) is 0 Å². The van der Waals surface area contributed by atoms with Crippen LogP contribution in [0.2, 0.25) is 0 Å². The molecule has 1 aliphatic rings. The number of quaternary nitrogens is 1. The van der Waals surface area contributed by atoms with E-state index in [-0.39, 0.29) is 12.1 Å². The summed E-state index contributed by atoms with van der Waals surface area (Å²) in [6, 6.07) is 0. The third kappa shape index (κ3) is 11.6. The SMILES string of the molecule is CCCCCCCCCCCOC(=O)OC(C(C)C)[N+]1(C)CCC=C(c2nsnc2OCCCCCC)C1. The zero-order chi connectivity index (χ0) is 27.6. The molecule has 2 unspecified atom stereocenters. The minimum atomic E-state index is -0.551. The first-order valence-corrected chi connectivity index (χ1v) is 16.0. The number of likely N-dealkylation sites (N-methyl/N-ethyl adjacent to an activating group) is 1. The molecular weight excluding hydrogens is 498 g/mol. The van der Waals surface area contributed by atoms with Crippen molar-refractivity contribution in [2.75, 3.05) is 33.4 Å². The number of rotatable bonds is 20. The van der Waals surface area contributed by atoms with Crippen LogP contribution in [0, 0.1) is 5.92 Å². The third-order valence-corrected chi connectivity index (χ3v) is 7.94. The van der Waals surface area contributed by atoms with Crippen LogP contribution in [0.15, 0.2) is 6.08 Å². The normalized spacial score (nSPS) is 18.3. The summed E-state index contributed by atoms with van der Waals surface area (Å²) in [5.41, 5.74) is 1.96. The van der Waals surface area contributed by atoms with Gasteiger partial charge in [-0.15, -0.1) is 4.37 Å². The molecule has 218 valence electrons. The van der Waals surface area contributed by atoms with Gasteiger partial charge in [0.1, 0.15) is 12.2 Å². The Bertz CT molecular complexity index is 813. The third-order valence-electron chi connectivity index (χ3n) is 7.43. The van der Waals surface area contributed by atoms with Gasteiger partial charge in [-0.25, -0.2) is 4.79 Å². The zero-order valence-electron chi connectivity index (χ0n) is 24.8. The van der Waals surface area contributed by atoms with Crippen molar-refractivity contribution in [1.82, 2.24) is 8.75 Å². The molecule has 2 rings (SSSR count). The first-order valence-electron chi connectivity index (χ1n) is 15.2. The second-order valence-electron chi connectivity index (χ2n) is 11.4. The molecule has 0 spiro atoms. The predicted octanol–water partition coefficient (Wildman–Crippen LogP) is 8.40. The number of hydrogen-bond donors (Lipinski definition) is 0. The van der Waals surface area contributed by atoms with Crippen LogP contribution in [-0.4, -0.2) is 59.0 Å². The van der Waals surface area contributed by atoms with E-state index in [1.807, 2.05) is 0 Å². The van der Waals surface area contributed by atoms with E-state index < -0.39 is 6.16 Å². The molecule has 1 aliphatic heterocycles. The molecule has 0 amide bonds. The predicted molar refractivity (Wildman–Crippen MR) is 156 cm³/mol. The highest BCUT2D eigenvalue weighted by Crippen LogP contribution is 2.33. The molecule has 1 aromatic heterocycles. The Labute approximate surface area is 236 Å². The minimum absolute atomic E-state index is 0.155. The van der Waals surface area contributed by atoms with Crippen molar-refractivity contribution in [2.24, 2.45) is 5.92 Å². The van der Waals surface area contributed by atoms with Crippen molar-refractivity contribution in [3.63, 3.8) is 0 Å². The Morgan fingerprint density at radius 3 is 2.18 bits per heavy atom. The van der Waals surface area contributed by atoms with E-state index in [4.69, 9.17) is 14.2 Å². The summed E-state index contributed by atoms with van der Waals surface area (Å²) in [6.07, 6.45) is 18.0. The Hall–Kier alpha value is -1.67. The van der Waals surface area contributed by atoms with E-state index in [9.17, 15) is 4.79 Å². The van der Waals surface area contributed by atoms with Crippen LogP contribution in [-0.2, 0) is 9.47 Å². The number of carbonyl (C=O) groups is 1. The van der Waals surface area contributed by atoms with E-state index in [2.05, 4.69) is 49.6 Å². The van der Waals surface area contributed by atoms with Gasteiger partial charge in [0.15, 0.2) is 0 Å². The fourth-order valence-electron chi connectivity index (χ4n) is 5.31. The lowest BCUT2D eigenvalue weighted by atomic mass is 10.0. The Morgan fingerprint density at radius 2 is 1.53 bits per heavy atom. The van der Waals surface area contributed by atoms with Crippen LogP contribution in [0.4, 0.5) is 4.79 Å². The molecule has 0 aromatic carbocycles. The van der Waals surface area contributed by atoms with Crippen LogP contribution in [0.25, 0.3) is 5.57 Å². The van der Waals surface area contributed by atoms with Crippen molar-refractivity contribution in [2.45, 2.75) is 124 Å². The van der Waals surface area contributed by atoms with Crippen LogP contribution in [0.1, 0.15) is 123 Å². The molecule has 0 saturated carbocycles. The minimum Gasteiger partial charge on any atom is -0.475 e. The quantitative estimate of drug-likeness (QED) is 0.0919. The van der Waals surface area contributed by atoms with Gasteiger partial charge < -0.3 is 14.2 Å². The summed E-state index contributed by atoms with van der Waals surface area (Å²) in [5, 5.41) is 0. The van der Waals surface area contributed by atoms with Gasteiger partial charge in [-0.05, 0) is 12.8 Å². The van der Waals surface area contributed by atoms with Gasteiger partial charge in [-0.2, -0.15) is 4.37 Å². The summed E-state index contributed by atoms with van der Waals surface area (Å²) >= 11 is 1.20. The smallest absolute Gasteiger partial charge is 0.475 e. The number of hydrogen-bond acceptors (Lipinski definition) is 7. The van der Waals surface area contributed by atoms with E-state index in [1.165, 1.54) is 75.9 Å². The van der Waals surface area contributed by atoms with Crippen LogP contribution in [0.5, 0.6) is 5.88 Å². The fraction of sp³-hybridized carbons (Fsp3) is 0.833. The summed E-state index contributed by atoms with van der Waals surface area (Å²) in [5.74, 6) is 0.788. The molecule has 8 heteroatoms. The molecule has 0 fully saturated rings. The lowest BCUT2D eigenvalue weighted by molar-refractivity contribution is -0.950. The standard InChI is InChI=1S/C30H54N3O4S/c1-6-8-10-12-13-14-15-16-18-23-36-30(34)37-29(25(3)4)33(5)21-19-20-26(24-33)27-28(32-38-31-27)35-22-17-11-9-7-2/h20,25,29H,6-19,21-24H2,1-5H3/q+1. The maximum atomic E-state index is 12.6. The van der Waals surface area contributed by atoms with Crippen LogP contribution >= 0.6 is 11.7 Å². The van der Waals surface area contributed by atoms with Gasteiger partial charge in [-0.1, -0.05) is 104 Å². The summed E-state index contributed by atoms with van der Waals surface area (Å²) in [4.78, 5) is 12.6. The van der Waals surface area contributed by atoms with Gasteiger partial charge in [0, 0.05) is 17.9 Å². The molecule has 38 heavy (non-hydrogen) atoms. The Balaban J connectivity index is 1.81. The second-order valence-corrected chi connectivity index (χ2v) is 11.9. The summed E-state index contributed by atoms with van der Waals surface area (Å²) in [7, 11) is 2.16. The molecule has 0 radical (unpaired) electrons. The number of ether oxygens (including phenoxy) is 3. The molecule has 0 N–H and O–H groups in total. The highest BCUT2D eigenvalue weighted by atomic mass is 32.1. The monoisotopic (exact) mass is 552 g/mol. The fourth-order valence-corrected chi connectivity index (χ4v) is 5.84. The van der Waals surface area contributed by atoms with Gasteiger partial charge in [0.05, 0.1) is 38.5 Å². The average molecular weight is 553 g/mol. The molecule has 1 aromatic rings. The largest absolute Gasteiger partial charge is 0.512 e. The van der Waals surface area contributed by atoms with Gasteiger partial charge >= 0.3 is 6.16 Å². The lowest BCUT2D eigenvalue weighted by Crippen LogP contribution is -2.58. The van der Waals surface area contributed by atoms with Crippen LogP contribution < -0.4 is 4.74 Å². The number of unbranched alkanes of at least 4 members (excludes halogenated alkanes) is 11. The molecule has 0 saturated heterocycles. The molecule has 7 nitrogen and oxygen atoms in total. The number of aromatic nitrogens is 2. The van der Waals surface area contributed by atoms with Crippen molar-refractivity contribution in [3.05, 3.63) is 11.8 Å². The van der Waals surface area contributed by atoms with E-state index in [0.717, 1.165) is 43.5 Å². The summed E-state index contributed by atoms with van der Waals surface area (Å²) < 4.78 is 27.0. The molecular formula is C30H54N3O4S+. The maximum absolute atomic E-state index is 12.6. The van der Waals surface area contributed by atoms with E-state index >= 15 is 0 Å². The van der Waals surface area contributed by atoms with E-state index in [0.29, 0.717) is 30.1 Å². The Morgan fingerprint density at radius 1 is 0.921 bits per heavy atom. The first kappa shape index (κ1) is 32.5. The van der Waals surface area contributed by atoms with Crippen molar-refractivity contribution >= 4 is 23.5 Å². The van der Waals surface area contributed by atoms with E-state index in [1.54, 1.807) is 0 Å². The highest BCUT2D eigenvalue weighted by Gasteiger charge is 2.41. The molecule has 0 bridgehead atoms. The van der Waals surface area contributed by atoms with Crippen molar-refractivity contribution in [3.8, 4) is 5.88 Å². The first-order chi connectivity index (χ1) is 18.4. The van der Waals surface area contributed by atoms with Crippen molar-refractivity contribution < 1.29 is 23.5 Å². The van der Waals surface area contributed by atoms with Crippen molar-refractivity contribution in [1.29, 1.82) is 0 Å². The van der Waals surface area contributed by atoms with Gasteiger partial charge in [0.25, 0.3) is 5.88 Å². The molecule has 2 atom stereocenters. The average Bonchev–Trinajstić information content (AvgIpc) is 3.36. The Kier molecular flexibility index (Phi) is 15.9. The van der Waals surface area contributed by atoms with Gasteiger partial charge in [-0.3, -0.25) is 4.48 Å². The second kappa shape index (κ2) is 18.6. The zero-order valence-corrected chi connectivity index (χ0v) is 25.7. The number of nitrogens with zero attached hydrogens (tertiary/aromatic N) is 3. The molecule has 2 heterocycles. The van der Waals surface area contributed by atoms with Gasteiger partial charge in [0.2, 0.25) is 6.23 Å². The topological polar surface area (TPSA) is 70.5 Å². The lowest BCUT2D eigenvalue weighted by Gasteiger charge is -2.44. The molecule has 0 aliphatic carbocycles. The maximum Gasteiger partial charge on any atom is 0.512 e. The summed E-state index contributed by atoms with van der Waals surface area (Å²) in [6.45, 7) is 11.4.